The quantitative estimate of drug-likeness (QED) is 0.833. The average Bonchev–Trinajstić information content (AvgIpc) is 2.23. The van der Waals surface area contributed by atoms with Gasteiger partial charge in [-0.2, -0.15) is 0 Å². The molecule has 0 aliphatic carbocycles. The Morgan fingerprint density at radius 1 is 1.50 bits per heavy atom. The molecule has 1 aliphatic rings. The third-order valence-electron chi connectivity index (χ3n) is 2.52. The van der Waals surface area contributed by atoms with Crippen molar-refractivity contribution < 1.29 is 4.74 Å². The number of morpholine rings is 1. The summed E-state index contributed by atoms with van der Waals surface area (Å²) in [6.45, 7) is 4.63. The molecule has 0 spiro atoms. The fraction of sp³-hybridized carbons (Fsp3) is 0.455. The van der Waals surface area contributed by atoms with E-state index in [1.807, 2.05) is 0 Å². The van der Waals surface area contributed by atoms with Crippen LogP contribution in [-0.4, -0.2) is 19.8 Å². The Labute approximate surface area is 92.8 Å². The third-order valence-corrected chi connectivity index (χ3v) is 3.60. The van der Waals surface area contributed by atoms with E-state index in [-0.39, 0.29) is 0 Å². The van der Waals surface area contributed by atoms with Crippen molar-refractivity contribution >= 4 is 15.9 Å². The van der Waals surface area contributed by atoms with Crippen molar-refractivity contribution in [3.05, 3.63) is 33.8 Å². The fourth-order valence-electron chi connectivity index (χ4n) is 1.70. The lowest BCUT2D eigenvalue weighted by atomic mass is 10.0. The molecule has 0 saturated carbocycles. The molecule has 1 aliphatic heterocycles. The lowest BCUT2D eigenvalue weighted by molar-refractivity contribution is 0.0766. The number of aryl methyl sites for hydroxylation is 1. The minimum absolute atomic E-state index is 0.332. The highest BCUT2D eigenvalue weighted by Gasteiger charge is 2.17. The second-order valence-corrected chi connectivity index (χ2v) is 4.35. The summed E-state index contributed by atoms with van der Waals surface area (Å²) in [5, 5.41) is 3.45. The average molecular weight is 256 g/mol. The van der Waals surface area contributed by atoms with Crippen LogP contribution in [0.4, 0.5) is 0 Å². The van der Waals surface area contributed by atoms with Crippen LogP contribution in [0.1, 0.15) is 17.2 Å². The van der Waals surface area contributed by atoms with Crippen LogP contribution in [0.25, 0.3) is 0 Å². The van der Waals surface area contributed by atoms with Crippen molar-refractivity contribution in [2.75, 3.05) is 19.8 Å². The first kappa shape index (κ1) is 10.1. The topological polar surface area (TPSA) is 21.3 Å². The molecule has 1 heterocycles. The van der Waals surface area contributed by atoms with Gasteiger partial charge in [0.1, 0.15) is 0 Å². The predicted molar refractivity (Wildman–Crippen MR) is 60.4 cm³/mol. The van der Waals surface area contributed by atoms with Gasteiger partial charge in [0.15, 0.2) is 0 Å². The molecule has 1 aromatic carbocycles. The van der Waals surface area contributed by atoms with Crippen molar-refractivity contribution in [3.63, 3.8) is 0 Å². The Balaban J connectivity index is 2.26. The molecule has 2 rings (SSSR count). The Kier molecular flexibility index (Phi) is 3.21. The lowest BCUT2D eigenvalue weighted by Crippen LogP contribution is -2.34. The van der Waals surface area contributed by atoms with Gasteiger partial charge in [-0.25, -0.2) is 0 Å². The zero-order valence-corrected chi connectivity index (χ0v) is 9.80. The SMILES string of the molecule is Cc1cccc([C@@H]2COCCN2)c1Br. The predicted octanol–water partition coefficient (Wildman–Crippen LogP) is 2.42. The number of rotatable bonds is 1. The maximum atomic E-state index is 5.45. The second kappa shape index (κ2) is 4.43. The van der Waals surface area contributed by atoms with Gasteiger partial charge in [0.25, 0.3) is 0 Å². The van der Waals surface area contributed by atoms with E-state index in [0.29, 0.717) is 6.04 Å². The van der Waals surface area contributed by atoms with E-state index < -0.39 is 0 Å². The summed E-state index contributed by atoms with van der Waals surface area (Å²) < 4.78 is 6.65. The lowest BCUT2D eigenvalue weighted by Gasteiger charge is -2.25. The molecule has 0 radical (unpaired) electrons. The fourth-order valence-corrected chi connectivity index (χ4v) is 2.25. The molecule has 3 heteroatoms. The first-order valence-corrected chi connectivity index (χ1v) is 5.64. The van der Waals surface area contributed by atoms with E-state index in [4.69, 9.17) is 4.74 Å². The zero-order valence-electron chi connectivity index (χ0n) is 8.22. The van der Waals surface area contributed by atoms with Crippen molar-refractivity contribution in [3.8, 4) is 0 Å². The van der Waals surface area contributed by atoms with E-state index in [9.17, 15) is 0 Å². The summed E-state index contributed by atoms with van der Waals surface area (Å²) in [5.74, 6) is 0. The highest BCUT2D eigenvalue weighted by Crippen LogP contribution is 2.27. The second-order valence-electron chi connectivity index (χ2n) is 3.56. The maximum Gasteiger partial charge on any atom is 0.0662 e. The minimum atomic E-state index is 0.332. The number of halogens is 1. The molecule has 0 unspecified atom stereocenters. The van der Waals surface area contributed by atoms with E-state index in [2.05, 4.69) is 46.4 Å². The van der Waals surface area contributed by atoms with Crippen molar-refractivity contribution in [2.45, 2.75) is 13.0 Å². The van der Waals surface area contributed by atoms with E-state index in [0.717, 1.165) is 19.8 Å². The van der Waals surface area contributed by atoms with E-state index >= 15 is 0 Å². The number of ether oxygens (including phenoxy) is 1. The molecule has 1 saturated heterocycles. The Morgan fingerprint density at radius 2 is 2.36 bits per heavy atom. The molecule has 1 N–H and O–H groups in total. The molecule has 1 fully saturated rings. The highest BCUT2D eigenvalue weighted by molar-refractivity contribution is 9.10. The normalized spacial score (nSPS) is 22.3. The largest absolute Gasteiger partial charge is 0.378 e. The van der Waals surface area contributed by atoms with Crippen LogP contribution in [-0.2, 0) is 4.74 Å². The molecule has 0 bridgehead atoms. The van der Waals surface area contributed by atoms with Gasteiger partial charge < -0.3 is 10.1 Å². The molecule has 1 atom stereocenters. The third kappa shape index (κ3) is 2.00. The molecule has 0 amide bonds. The van der Waals surface area contributed by atoms with Crippen LogP contribution < -0.4 is 5.32 Å². The van der Waals surface area contributed by atoms with Crippen LogP contribution in [0.3, 0.4) is 0 Å². The molecular weight excluding hydrogens is 242 g/mol. The summed E-state index contributed by atoms with van der Waals surface area (Å²) >= 11 is 3.62. The number of hydrogen-bond donors (Lipinski definition) is 1. The Bertz CT molecular complexity index is 321. The monoisotopic (exact) mass is 255 g/mol. The standard InChI is InChI=1S/C11H14BrNO/c1-8-3-2-4-9(11(8)12)10-7-14-6-5-13-10/h2-4,10,13H,5-7H2,1H3/t10-/m0/s1. The van der Waals surface area contributed by atoms with Crippen LogP contribution in [0.5, 0.6) is 0 Å². The van der Waals surface area contributed by atoms with Crippen LogP contribution >= 0.6 is 15.9 Å². The summed E-state index contributed by atoms with van der Waals surface area (Å²) in [6, 6.07) is 6.67. The maximum absolute atomic E-state index is 5.45. The molecule has 14 heavy (non-hydrogen) atoms. The summed E-state index contributed by atoms with van der Waals surface area (Å²) in [6.07, 6.45) is 0. The zero-order chi connectivity index (χ0) is 9.97. The molecule has 0 aromatic heterocycles. The van der Waals surface area contributed by atoms with Gasteiger partial charge in [-0.05, 0) is 18.1 Å². The van der Waals surface area contributed by atoms with E-state index in [1.54, 1.807) is 0 Å². The first-order valence-electron chi connectivity index (χ1n) is 4.85. The highest BCUT2D eigenvalue weighted by atomic mass is 79.9. The summed E-state index contributed by atoms with van der Waals surface area (Å²) in [4.78, 5) is 0. The van der Waals surface area contributed by atoms with Crippen LogP contribution in [0.15, 0.2) is 22.7 Å². The smallest absolute Gasteiger partial charge is 0.0662 e. The van der Waals surface area contributed by atoms with Crippen LogP contribution in [0.2, 0.25) is 0 Å². The van der Waals surface area contributed by atoms with Crippen LogP contribution in [0, 0.1) is 6.92 Å². The van der Waals surface area contributed by atoms with Gasteiger partial charge >= 0.3 is 0 Å². The Hall–Kier alpha value is -0.380. The molecule has 1 aromatic rings. The van der Waals surface area contributed by atoms with Crippen molar-refractivity contribution in [2.24, 2.45) is 0 Å². The summed E-state index contributed by atoms with van der Waals surface area (Å²) in [7, 11) is 0. The first-order chi connectivity index (χ1) is 6.79. The van der Waals surface area contributed by atoms with Gasteiger partial charge in [-0.3, -0.25) is 0 Å². The Morgan fingerprint density at radius 3 is 3.07 bits per heavy atom. The molecule has 76 valence electrons. The van der Waals surface area contributed by atoms with Gasteiger partial charge in [-0.1, -0.05) is 34.1 Å². The minimum Gasteiger partial charge on any atom is -0.378 e. The van der Waals surface area contributed by atoms with E-state index in [1.165, 1.54) is 15.6 Å². The van der Waals surface area contributed by atoms with Gasteiger partial charge in [0.2, 0.25) is 0 Å². The van der Waals surface area contributed by atoms with Gasteiger partial charge in [-0.15, -0.1) is 0 Å². The number of hydrogen-bond acceptors (Lipinski definition) is 2. The molecule has 2 nitrogen and oxygen atoms in total. The number of benzene rings is 1. The van der Waals surface area contributed by atoms with Crippen molar-refractivity contribution in [1.29, 1.82) is 0 Å². The number of nitrogens with one attached hydrogen (secondary N) is 1. The summed E-state index contributed by atoms with van der Waals surface area (Å²) in [5.41, 5.74) is 2.57. The van der Waals surface area contributed by atoms with Gasteiger partial charge in [0, 0.05) is 11.0 Å². The molecular formula is C11H14BrNO. The van der Waals surface area contributed by atoms with Gasteiger partial charge in [0.05, 0.1) is 19.3 Å². The van der Waals surface area contributed by atoms with Crippen molar-refractivity contribution in [1.82, 2.24) is 5.32 Å².